The van der Waals surface area contributed by atoms with Gasteiger partial charge in [-0.1, -0.05) is 20.8 Å². The number of pyridine rings is 2. The van der Waals surface area contributed by atoms with Gasteiger partial charge in [0.25, 0.3) is 5.56 Å². The molecule has 2 N–H and O–H groups in total. The average molecular weight is 437 g/mol. The summed E-state index contributed by atoms with van der Waals surface area (Å²) in [6, 6.07) is 2.91. The number of methoxy groups -OCH3 is 1. The molecule has 3 heterocycles. The zero-order valence-corrected chi connectivity index (χ0v) is 18.6. The maximum Gasteiger partial charge on any atom is 0.341 e. The van der Waals surface area contributed by atoms with E-state index < -0.39 is 17.0 Å². The van der Waals surface area contributed by atoms with E-state index in [2.05, 4.69) is 25.8 Å². The number of rotatable bonds is 6. The predicted octanol–water partition coefficient (Wildman–Crippen LogP) is 2.57. The van der Waals surface area contributed by atoms with E-state index in [0.29, 0.717) is 37.4 Å². The molecule has 0 saturated carbocycles. The smallest absolute Gasteiger partial charge is 0.341 e. The van der Waals surface area contributed by atoms with Crippen molar-refractivity contribution in [1.82, 2.24) is 9.55 Å². The number of ether oxygens (including phenoxy) is 2. The highest BCUT2D eigenvalue weighted by Gasteiger charge is 2.34. The quantitative estimate of drug-likeness (QED) is 0.674. The van der Waals surface area contributed by atoms with Gasteiger partial charge >= 0.3 is 5.97 Å². The van der Waals surface area contributed by atoms with Gasteiger partial charge in [0.15, 0.2) is 11.2 Å². The third-order valence-electron chi connectivity index (χ3n) is 5.15. The van der Waals surface area contributed by atoms with Crippen LogP contribution in [0, 0.1) is 5.41 Å². The molecule has 1 aliphatic heterocycles. The summed E-state index contributed by atoms with van der Waals surface area (Å²) >= 11 is 0. The molecule has 164 valence electrons. The van der Waals surface area contributed by atoms with Crippen LogP contribution in [0.5, 0.6) is 5.75 Å². The number of fused-ring (bicyclic) bond motifs is 3. The maximum atomic E-state index is 12.5. The van der Waals surface area contributed by atoms with Crippen molar-refractivity contribution < 1.29 is 19.4 Å². The van der Waals surface area contributed by atoms with E-state index in [-0.39, 0.29) is 36.3 Å². The minimum Gasteiger partial charge on any atom is -0.488 e. The van der Waals surface area contributed by atoms with Crippen molar-refractivity contribution in [3.05, 3.63) is 50.0 Å². The fourth-order valence-electron chi connectivity index (χ4n) is 3.63. The molecule has 0 aliphatic carbocycles. The number of nitrogens with zero attached hydrogens (tertiary/aromatic N) is 1. The number of aromatic carboxylic acids is 1. The van der Waals surface area contributed by atoms with E-state index in [4.69, 9.17) is 9.47 Å². The number of hydrogen-bond donors (Lipinski definition) is 2. The predicted molar refractivity (Wildman–Crippen MR) is 118 cm³/mol. The molecule has 30 heavy (non-hydrogen) atoms. The molecule has 0 aromatic carbocycles. The van der Waals surface area contributed by atoms with Crippen molar-refractivity contribution in [2.45, 2.75) is 39.7 Å². The van der Waals surface area contributed by atoms with E-state index >= 15 is 0 Å². The van der Waals surface area contributed by atoms with Crippen LogP contribution in [-0.4, -0.2) is 41.0 Å². The van der Waals surface area contributed by atoms with Crippen molar-refractivity contribution in [3.63, 3.8) is 0 Å². The number of H-pyrrole nitrogens is 1. The molecular formula is C21H28N2O6S. The van der Waals surface area contributed by atoms with E-state index in [1.807, 2.05) is 0 Å². The Kier molecular flexibility index (Phi) is 7.20. The highest BCUT2D eigenvalue weighted by molar-refractivity contribution is 7.59. The molecule has 2 aromatic rings. The number of carbonyl (C=O) groups is 1. The molecular weight excluding hydrogens is 408 g/mol. The summed E-state index contributed by atoms with van der Waals surface area (Å²) in [6.07, 6.45) is 2.61. The lowest BCUT2D eigenvalue weighted by atomic mass is 9.80. The van der Waals surface area contributed by atoms with Crippen molar-refractivity contribution in [1.29, 1.82) is 0 Å². The van der Waals surface area contributed by atoms with Crippen molar-refractivity contribution in [2.75, 3.05) is 20.3 Å². The molecule has 0 radical (unpaired) electrons. The fraction of sp³-hybridized carbons (Fsp3) is 0.476. The zero-order valence-electron chi connectivity index (χ0n) is 17.6. The van der Waals surface area contributed by atoms with Gasteiger partial charge in [0.2, 0.25) is 0 Å². The first-order valence-electron chi connectivity index (χ1n) is 9.51. The standard InChI is InChI=1S/C21H26N2O6.H2S/c1-21(2,3)17-9-12-8-16(29-7-5-6-28-4)19(25)22-18(12)14-10-15(24)13(20(26)27)11-23(14)17;/h8,10-11,17H,5-7,9H2,1-4H3,(H,22,25)(H,26,27);1H2/t17-;/m0./s1. The summed E-state index contributed by atoms with van der Waals surface area (Å²) in [7, 11) is 1.60. The minimum absolute atomic E-state index is 0. The summed E-state index contributed by atoms with van der Waals surface area (Å²) in [5.74, 6) is -1.04. The molecule has 3 rings (SSSR count). The molecule has 0 unspecified atom stereocenters. The summed E-state index contributed by atoms with van der Waals surface area (Å²) in [5, 5.41) is 9.36. The van der Waals surface area contributed by atoms with E-state index in [9.17, 15) is 19.5 Å². The van der Waals surface area contributed by atoms with Crippen LogP contribution in [0.4, 0.5) is 0 Å². The number of nitrogens with one attached hydrogen (secondary N) is 1. The largest absolute Gasteiger partial charge is 0.488 e. The van der Waals surface area contributed by atoms with Crippen LogP contribution in [0.25, 0.3) is 11.4 Å². The number of hydrogen-bond acceptors (Lipinski definition) is 5. The van der Waals surface area contributed by atoms with Gasteiger partial charge in [-0.25, -0.2) is 4.79 Å². The van der Waals surface area contributed by atoms with Crippen LogP contribution < -0.4 is 15.7 Å². The first-order chi connectivity index (χ1) is 13.6. The second-order valence-electron chi connectivity index (χ2n) is 8.29. The van der Waals surface area contributed by atoms with Crippen LogP contribution in [0.1, 0.15) is 49.2 Å². The Hall–Kier alpha value is -2.52. The van der Waals surface area contributed by atoms with Crippen molar-refractivity contribution >= 4 is 19.5 Å². The normalized spacial score (nSPS) is 15.0. The van der Waals surface area contributed by atoms with Gasteiger partial charge in [-0.05, 0) is 23.5 Å². The molecule has 8 nitrogen and oxygen atoms in total. The topological polar surface area (TPSA) is 111 Å². The maximum absolute atomic E-state index is 12.5. The van der Waals surface area contributed by atoms with Gasteiger partial charge in [-0.2, -0.15) is 13.5 Å². The molecule has 0 bridgehead atoms. The molecule has 2 aromatic heterocycles. The van der Waals surface area contributed by atoms with E-state index in [1.54, 1.807) is 17.7 Å². The Bertz CT molecular complexity index is 1050. The van der Waals surface area contributed by atoms with Crippen molar-refractivity contribution in [2.24, 2.45) is 5.41 Å². The Morgan fingerprint density at radius 2 is 1.97 bits per heavy atom. The molecule has 9 heteroatoms. The van der Waals surface area contributed by atoms with Gasteiger partial charge < -0.3 is 24.1 Å². The van der Waals surface area contributed by atoms with Gasteiger partial charge in [-0.15, -0.1) is 0 Å². The highest BCUT2D eigenvalue weighted by atomic mass is 32.1. The molecule has 1 aliphatic rings. The molecule has 0 fully saturated rings. The second-order valence-corrected chi connectivity index (χ2v) is 8.29. The van der Waals surface area contributed by atoms with Crippen LogP contribution in [0.3, 0.4) is 0 Å². The highest BCUT2D eigenvalue weighted by Crippen LogP contribution is 2.41. The SMILES string of the molecule is COCCCOc1cc2c([nH]c1=O)-c1cc(=O)c(C(=O)O)cn1[C@H](C(C)(C)C)C2.S. The van der Waals surface area contributed by atoms with Gasteiger partial charge in [0.05, 0.1) is 18.0 Å². The summed E-state index contributed by atoms with van der Waals surface area (Å²) < 4.78 is 12.4. The third-order valence-corrected chi connectivity index (χ3v) is 5.15. The number of aromatic amines is 1. The summed E-state index contributed by atoms with van der Waals surface area (Å²) in [4.78, 5) is 39.1. The minimum atomic E-state index is -1.27. The molecule has 0 saturated heterocycles. The average Bonchev–Trinajstić information content (AvgIpc) is 2.63. The Balaban J connectivity index is 0.00000320. The monoisotopic (exact) mass is 436 g/mol. The van der Waals surface area contributed by atoms with Gasteiger partial charge in [0, 0.05) is 38.4 Å². The third kappa shape index (κ3) is 4.62. The van der Waals surface area contributed by atoms with Crippen LogP contribution in [-0.2, 0) is 11.2 Å². The first-order valence-corrected chi connectivity index (χ1v) is 9.51. The lowest BCUT2D eigenvalue weighted by molar-refractivity contribution is 0.0693. The van der Waals surface area contributed by atoms with Gasteiger partial charge in [-0.3, -0.25) is 9.59 Å². The number of carboxylic acid groups (broad SMARTS) is 1. The van der Waals surface area contributed by atoms with Crippen LogP contribution in [0.2, 0.25) is 0 Å². The molecule has 0 spiro atoms. The molecule has 1 atom stereocenters. The zero-order chi connectivity index (χ0) is 21.3. The Morgan fingerprint density at radius 3 is 2.57 bits per heavy atom. The second kappa shape index (κ2) is 9.09. The van der Waals surface area contributed by atoms with Crippen LogP contribution in [0.15, 0.2) is 27.9 Å². The van der Waals surface area contributed by atoms with E-state index in [1.165, 1.54) is 12.3 Å². The Morgan fingerprint density at radius 1 is 1.27 bits per heavy atom. The van der Waals surface area contributed by atoms with Crippen LogP contribution >= 0.6 is 13.5 Å². The van der Waals surface area contributed by atoms with E-state index in [0.717, 1.165) is 5.56 Å². The first kappa shape index (κ1) is 23.8. The number of aromatic nitrogens is 2. The fourth-order valence-corrected chi connectivity index (χ4v) is 3.63. The Labute approximate surface area is 181 Å². The lowest BCUT2D eigenvalue weighted by Crippen LogP contribution is -2.34. The van der Waals surface area contributed by atoms with Crippen molar-refractivity contribution in [3.8, 4) is 17.1 Å². The van der Waals surface area contributed by atoms with Gasteiger partial charge in [0.1, 0.15) is 5.56 Å². The number of carboxylic acids is 1. The summed E-state index contributed by atoms with van der Waals surface area (Å²) in [5.41, 5.74) is 0.396. The summed E-state index contributed by atoms with van der Waals surface area (Å²) in [6.45, 7) is 7.06. The lowest BCUT2D eigenvalue weighted by Gasteiger charge is -2.38. The molecule has 0 amide bonds.